The lowest BCUT2D eigenvalue weighted by atomic mass is 10.1. The molecule has 0 aromatic heterocycles. The summed E-state index contributed by atoms with van der Waals surface area (Å²) in [5.41, 5.74) is 1.02. The third-order valence-electron chi connectivity index (χ3n) is 3.19. The van der Waals surface area contributed by atoms with Gasteiger partial charge in [-0.25, -0.2) is 0 Å². The molecule has 1 fully saturated rings. The topological polar surface area (TPSA) is 38.3 Å². The van der Waals surface area contributed by atoms with Crippen molar-refractivity contribution in [2.24, 2.45) is 0 Å². The maximum absolute atomic E-state index is 11.7. The molecule has 2 rings (SSSR count). The number of carbonyl (C=O) groups is 1. The molecule has 1 aliphatic rings. The van der Waals surface area contributed by atoms with Crippen LogP contribution in [0.25, 0.3) is 0 Å². The van der Waals surface area contributed by atoms with E-state index in [1.54, 1.807) is 0 Å². The zero-order valence-electron chi connectivity index (χ0n) is 10.6. The molecule has 1 aromatic carbocycles. The van der Waals surface area contributed by atoms with Crippen LogP contribution < -0.4 is 5.32 Å². The van der Waals surface area contributed by atoms with E-state index >= 15 is 0 Å². The van der Waals surface area contributed by atoms with Crippen molar-refractivity contribution in [3.8, 4) is 0 Å². The van der Waals surface area contributed by atoms with Crippen molar-refractivity contribution < 1.29 is 9.53 Å². The minimum absolute atomic E-state index is 0.0742. The third kappa shape index (κ3) is 4.93. The van der Waals surface area contributed by atoms with Crippen molar-refractivity contribution in [2.45, 2.75) is 38.3 Å². The molecule has 19 heavy (non-hydrogen) atoms. The SMILES string of the molecule is O=C(CC[C@@H]1CCCO1)NCc1ccc(I)c(Cl)c1. The number of benzene rings is 1. The van der Waals surface area contributed by atoms with Crippen LogP contribution in [0.4, 0.5) is 0 Å². The normalized spacial score (nSPS) is 18.5. The van der Waals surface area contributed by atoms with E-state index in [1.807, 2.05) is 18.2 Å². The first-order valence-corrected chi connectivity index (χ1v) is 7.93. The number of carbonyl (C=O) groups excluding carboxylic acids is 1. The average Bonchev–Trinajstić information content (AvgIpc) is 2.91. The fourth-order valence-electron chi connectivity index (χ4n) is 2.10. The Morgan fingerprint density at radius 1 is 1.53 bits per heavy atom. The van der Waals surface area contributed by atoms with Crippen LogP contribution >= 0.6 is 34.2 Å². The highest BCUT2D eigenvalue weighted by Crippen LogP contribution is 2.19. The van der Waals surface area contributed by atoms with Gasteiger partial charge in [-0.1, -0.05) is 17.7 Å². The van der Waals surface area contributed by atoms with Gasteiger partial charge in [0.15, 0.2) is 0 Å². The molecule has 3 nitrogen and oxygen atoms in total. The number of hydrogen-bond acceptors (Lipinski definition) is 2. The minimum Gasteiger partial charge on any atom is -0.378 e. The summed E-state index contributed by atoms with van der Waals surface area (Å²) in [6.07, 6.45) is 3.83. The lowest BCUT2D eigenvalue weighted by molar-refractivity contribution is -0.121. The summed E-state index contributed by atoms with van der Waals surface area (Å²) in [7, 11) is 0. The molecular weight excluding hydrogens is 377 g/mol. The predicted octanol–water partition coefficient (Wildman–Crippen LogP) is 3.52. The summed E-state index contributed by atoms with van der Waals surface area (Å²) in [6, 6.07) is 5.83. The number of ether oxygens (including phenoxy) is 1. The summed E-state index contributed by atoms with van der Waals surface area (Å²) in [6.45, 7) is 1.37. The summed E-state index contributed by atoms with van der Waals surface area (Å²) in [5, 5.41) is 3.64. The fourth-order valence-corrected chi connectivity index (χ4v) is 2.64. The van der Waals surface area contributed by atoms with Gasteiger partial charge in [-0.05, 0) is 59.5 Å². The van der Waals surface area contributed by atoms with Gasteiger partial charge in [0, 0.05) is 23.1 Å². The zero-order valence-corrected chi connectivity index (χ0v) is 13.5. The first-order chi connectivity index (χ1) is 9.15. The molecule has 5 heteroatoms. The molecular formula is C14H17ClINO2. The minimum atomic E-state index is 0.0742. The summed E-state index contributed by atoms with van der Waals surface area (Å²) < 4.78 is 6.52. The molecule has 1 amide bonds. The average molecular weight is 394 g/mol. The van der Waals surface area contributed by atoms with Crippen molar-refractivity contribution in [2.75, 3.05) is 6.61 Å². The van der Waals surface area contributed by atoms with Crippen LogP contribution in [0, 0.1) is 3.57 Å². The lowest BCUT2D eigenvalue weighted by Gasteiger charge is -2.09. The second-order valence-corrected chi connectivity index (χ2v) is 6.27. The van der Waals surface area contributed by atoms with Gasteiger partial charge in [0.05, 0.1) is 11.1 Å². The van der Waals surface area contributed by atoms with Crippen molar-refractivity contribution in [1.82, 2.24) is 5.32 Å². The summed E-state index contributed by atoms with van der Waals surface area (Å²) in [5.74, 6) is 0.0742. The Balaban J connectivity index is 1.71. The number of hydrogen-bond donors (Lipinski definition) is 1. The Kier molecular flexibility index (Phi) is 5.91. The molecule has 0 radical (unpaired) electrons. The molecule has 0 spiro atoms. The van der Waals surface area contributed by atoms with E-state index in [4.69, 9.17) is 16.3 Å². The highest BCUT2D eigenvalue weighted by atomic mass is 127. The van der Waals surface area contributed by atoms with Gasteiger partial charge in [-0.15, -0.1) is 0 Å². The molecule has 104 valence electrons. The van der Waals surface area contributed by atoms with Gasteiger partial charge in [0.2, 0.25) is 5.91 Å². The number of rotatable bonds is 5. The lowest BCUT2D eigenvalue weighted by Crippen LogP contribution is -2.23. The van der Waals surface area contributed by atoms with Crippen LogP contribution in [-0.2, 0) is 16.1 Å². The molecule has 1 aromatic rings. The van der Waals surface area contributed by atoms with Crippen LogP contribution in [0.5, 0.6) is 0 Å². The van der Waals surface area contributed by atoms with Crippen molar-refractivity contribution in [3.63, 3.8) is 0 Å². The maximum atomic E-state index is 11.7. The van der Waals surface area contributed by atoms with Gasteiger partial charge in [0.1, 0.15) is 0 Å². The smallest absolute Gasteiger partial charge is 0.220 e. The largest absolute Gasteiger partial charge is 0.378 e. The summed E-state index contributed by atoms with van der Waals surface area (Å²) >= 11 is 8.22. The predicted molar refractivity (Wildman–Crippen MR) is 84.2 cm³/mol. The Hall–Kier alpha value is -0.330. The molecule has 0 bridgehead atoms. The van der Waals surface area contributed by atoms with E-state index in [1.165, 1.54) is 0 Å². The van der Waals surface area contributed by atoms with Crippen LogP contribution in [0.1, 0.15) is 31.2 Å². The van der Waals surface area contributed by atoms with Crippen LogP contribution in [0.3, 0.4) is 0 Å². The van der Waals surface area contributed by atoms with Crippen molar-refractivity contribution >= 4 is 40.1 Å². The van der Waals surface area contributed by atoms with Gasteiger partial charge < -0.3 is 10.1 Å². The first-order valence-electron chi connectivity index (χ1n) is 6.47. The van der Waals surface area contributed by atoms with Gasteiger partial charge >= 0.3 is 0 Å². The Morgan fingerprint density at radius 3 is 3.05 bits per heavy atom. The first kappa shape index (κ1) is 15.1. The Labute approximate surface area is 132 Å². The highest BCUT2D eigenvalue weighted by Gasteiger charge is 2.16. The number of amides is 1. The van der Waals surface area contributed by atoms with E-state index in [0.29, 0.717) is 13.0 Å². The van der Waals surface area contributed by atoms with E-state index < -0.39 is 0 Å². The number of nitrogens with one attached hydrogen (secondary N) is 1. The van der Waals surface area contributed by atoms with E-state index in [0.717, 1.165) is 40.0 Å². The highest BCUT2D eigenvalue weighted by molar-refractivity contribution is 14.1. The molecule has 1 heterocycles. The van der Waals surface area contributed by atoms with Gasteiger partial charge in [0.25, 0.3) is 0 Å². The van der Waals surface area contributed by atoms with E-state index in [9.17, 15) is 4.79 Å². The maximum Gasteiger partial charge on any atom is 0.220 e. The van der Waals surface area contributed by atoms with Crippen LogP contribution in [-0.4, -0.2) is 18.6 Å². The Morgan fingerprint density at radius 2 is 2.37 bits per heavy atom. The second-order valence-electron chi connectivity index (χ2n) is 4.70. The van der Waals surface area contributed by atoms with Crippen molar-refractivity contribution in [3.05, 3.63) is 32.4 Å². The second kappa shape index (κ2) is 7.45. The molecule has 1 atom stereocenters. The van der Waals surface area contributed by atoms with E-state index in [-0.39, 0.29) is 12.0 Å². The third-order valence-corrected chi connectivity index (χ3v) is 4.76. The molecule has 0 saturated carbocycles. The van der Waals surface area contributed by atoms with Gasteiger partial charge in [-0.2, -0.15) is 0 Å². The van der Waals surface area contributed by atoms with Crippen LogP contribution in [0.15, 0.2) is 18.2 Å². The molecule has 1 saturated heterocycles. The zero-order chi connectivity index (χ0) is 13.7. The van der Waals surface area contributed by atoms with E-state index in [2.05, 4.69) is 27.9 Å². The fraction of sp³-hybridized carbons (Fsp3) is 0.500. The monoisotopic (exact) mass is 393 g/mol. The molecule has 0 unspecified atom stereocenters. The Bertz CT molecular complexity index is 447. The summed E-state index contributed by atoms with van der Waals surface area (Å²) in [4.78, 5) is 11.7. The molecule has 1 aliphatic heterocycles. The quantitative estimate of drug-likeness (QED) is 0.777. The molecule has 0 aliphatic carbocycles. The van der Waals surface area contributed by atoms with Gasteiger partial charge in [-0.3, -0.25) is 4.79 Å². The van der Waals surface area contributed by atoms with Crippen molar-refractivity contribution in [1.29, 1.82) is 0 Å². The van der Waals surface area contributed by atoms with Crippen LogP contribution in [0.2, 0.25) is 5.02 Å². The number of halogens is 2. The molecule has 1 N–H and O–H groups in total. The standard InChI is InChI=1S/C14H17ClINO2/c15-12-8-10(3-5-13(12)16)9-17-14(18)6-4-11-2-1-7-19-11/h3,5,8,11H,1-2,4,6-7,9H2,(H,17,18)/t11-/m0/s1.